The fourth-order valence-electron chi connectivity index (χ4n) is 3.52. The molecule has 33 heavy (non-hydrogen) atoms. The van der Waals surface area contributed by atoms with Gasteiger partial charge in [0.05, 0.1) is 24.8 Å². The zero-order valence-electron chi connectivity index (χ0n) is 17.8. The summed E-state index contributed by atoms with van der Waals surface area (Å²) >= 11 is 0. The summed E-state index contributed by atoms with van der Waals surface area (Å²) in [7, 11) is 0. The minimum absolute atomic E-state index is 0.0557. The van der Waals surface area contributed by atoms with Crippen LogP contribution >= 0.6 is 0 Å². The van der Waals surface area contributed by atoms with Crippen molar-refractivity contribution in [1.82, 2.24) is 30.0 Å². The number of carbonyl (C=O) groups excluding carboxylic acids is 1. The summed E-state index contributed by atoms with van der Waals surface area (Å²) < 4.78 is 43.4. The van der Waals surface area contributed by atoms with E-state index < -0.39 is 12.8 Å². The predicted octanol–water partition coefficient (Wildman–Crippen LogP) is 2.40. The van der Waals surface area contributed by atoms with E-state index in [1.54, 1.807) is 31.3 Å². The quantitative estimate of drug-likeness (QED) is 0.435. The van der Waals surface area contributed by atoms with E-state index in [-0.39, 0.29) is 30.9 Å². The van der Waals surface area contributed by atoms with Crippen molar-refractivity contribution in [2.45, 2.75) is 26.1 Å². The summed E-state index contributed by atoms with van der Waals surface area (Å²) in [6.45, 7) is 1.59. The third-order valence-corrected chi connectivity index (χ3v) is 5.05. The number of fused-ring (bicyclic) bond motifs is 1. The van der Waals surface area contributed by atoms with Crippen molar-refractivity contribution in [3.63, 3.8) is 0 Å². The first-order valence-corrected chi connectivity index (χ1v) is 10.4. The zero-order chi connectivity index (χ0) is 23.4. The molecule has 176 valence electrons. The molecule has 1 saturated heterocycles. The van der Waals surface area contributed by atoms with Crippen molar-refractivity contribution in [2.24, 2.45) is 5.92 Å². The summed E-state index contributed by atoms with van der Waals surface area (Å²) in [6.07, 6.45) is -2.08. The Morgan fingerprint density at radius 1 is 1.33 bits per heavy atom. The molecule has 4 rings (SSSR count). The van der Waals surface area contributed by atoms with Crippen LogP contribution in [-0.2, 0) is 16.1 Å². The maximum absolute atomic E-state index is 12.6. The lowest BCUT2D eigenvalue weighted by molar-refractivity contribution is -0.174. The van der Waals surface area contributed by atoms with Crippen LogP contribution in [0, 0.1) is 12.8 Å². The van der Waals surface area contributed by atoms with E-state index in [9.17, 15) is 18.0 Å². The monoisotopic (exact) mass is 464 g/mol. The van der Waals surface area contributed by atoms with Crippen LogP contribution in [0.2, 0.25) is 0 Å². The number of nitrogens with one attached hydrogen (secondary N) is 3. The Morgan fingerprint density at radius 2 is 2.18 bits per heavy atom. The van der Waals surface area contributed by atoms with Crippen LogP contribution in [0.1, 0.15) is 12.1 Å². The molecular weight excluding hydrogens is 441 g/mol. The number of alkyl halides is 3. The molecule has 1 aliphatic heterocycles. The first kappa shape index (κ1) is 22.9. The molecule has 1 amide bonds. The molecule has 0 radical (unpaired) electrons. The summed E-state index contributed by atoms with van der Waals surface area (Å²) in [5, 5.41) is 13.4. The van der Waals surface area contributed by atoms with Gasteiger partial charge in [-0.1, -0.05) is 6.07 Å². The SMILES string of the molecule is Cc1nn(CCOCC(F)(F)F)c2c(Nc3ccccn3)nc(NC(=O)[C@H]3CCNC3)nc12. The molecule has 0 aliphatic carbocycles. The van der Waals surface area contributed by atoms with Gasteiger partial charge in [0, 0.05) is 12.7 Å². The number of ether oxygens (including phenoxy) is 1. The second-order valence-electron chi connectivity index (χ2n) is 7.59. The van der Waals surface area contributed by atoms with Gasteiger partial charge in [0.2, 0.25) is 11.9 Å². The molecule has 0 unspecified atom stereocenters. The van der Waals surface area contributed by atoms with Crippen molar-refractivity contribution in [1.29, 1.82) is 0 Å². The van der Waals surface area contributed by atoms with E-state index in [1.807, 2.05) is 0 Å². The highest BCUT2D eigenvalue weighted by Crippen LogP contribution is 2.27. The van der Waals surface area contributed by atoms with Gasteiger partial charge < -0.3 is 15.4 Å². The van der Waals surface area contributed by atoms with Crippen LogP contribution < -0.4 is 16.0 Å². The fourth-order valence-corrected chi connectivity index (χ4v) is 3.52. The van der Waals surface area contributed by atoms with Gasteiger partial charge in [0.25, 0.3) is 0 Å². The average Bonchev–Trinajstić information content (AvgIpc) is 3.40. The van der Waals surface area contributed by atoms with Crippen LogP contribution in [0.15, 0.2) is 24.4 Å². The van der Waals surface area contributed by atoms with E-state index in [0.717, 1.165) is 13.0 Å². The first-order chi connectivity index (χ1) is 15.8. The molecule has 3 N–H and O–H groups in total. The summed E-state index contributed by atoms with van der Waals surface area (Å²) in [5.74, 6) is 0.553. The van der Waals surface area contributed by atoms with E-state index in [0.29, 0.717) is 34.9 Å². The van der Waals surface area contributed by atoms with Crippen LogP contribution in [0.5, 0.6) is 0 Å². The van der Waals surface area contributed by atoms with Crippen LogP contribution in [-0.4, -0.2) is 63.1 Å². The number of nitrogens with zero attached hydrogens (tertiary/aromatic N) is 5. The van der Waals surface area contributed by atoms with Crippen molar-refractivity contribution in [3.8, 4) is 0 Å². The van der Waals surface area contributed by atoms with Crippen molar-refractivity contribution >= 4 is 34.5 Å². The van der Waals surface area contributed by atoms with Crippen LogP contribution in [0.25, 0.3) is 11.0 Å². The Hall–Kier alpha value is -3.32. The largest absolute Gasteiger partial charge is 0.411 e. The number of aromatic nitrogens is 5. The number of hydrogen-bond donors (Lipinski definition) is 3. The second kappa shape index (κ2) is 9.67. The molecule has 1 atom stereocenters. The van der Waals surface area contributed by atoms with Crippen molar-refractivity contribution in [3.05, 3.63) is 30.1 Å². The van der Waals surface area contributed by atoms with E-state index >= 15 is 0 Å². The Morgan fingerprint density at radius 3 is 2.88 bits per heavy atom. The summed E-state index contributed by atoms with van der Waals surface area (Å²) in [6, 6.07) is 5.28. The number of aryl methyl sites for hydroxylation is 1. The number of carbonyl (C=O) groups is 1. The maximum Gasteiger partial charge on any atom is 0.411 e. The van der Waals surface area contributed by atoms with Gasteiger partial charge >= 0.3 is 6.18 Å². The predicted molar refractivity (Wildman–Crippen MR) is 114 cm³/mol. The molecule has 3 aromatic heterocycles. The Balaban J connectivity index is 1.64. The molecule has 3 aromatic rings. The Kier molecular flexibility index (Phi) is 6.70. The van der Waals surface area contributed by atoms with Crippen LogP contribution in [0.4, 0.5) is 30.8 Å². The Bertz CT molecular complexity index is 1110. The fraction of sp³-hybridized carbons (Fsp3) is 0.450. The van der Waals surface area contributed by atoms with Crippen LogP contribution in [0.3, 0.4) is 0 Å². The summed E-state index contributed by atoms with van der Waals surface area (Å²) in [4.78, 5) is 25.7. The molecule has 0 saturated carbocycles. The molecule has 13 heteroatoms. The number of anilines is 3. The van der Waals surface area contributed by atoms with E-state index in [1.165, 1.54) is 4.68 Å². The molecule has 0 bridgehead atoms. The molecular formula is C20H23F3N8O2. The molecule has 1 fully saturated rings. The minimum Gasteiger partial charge on any atom is -0.370 e. The lowest BCUT2D eigenvalue weighted by Gasteiger charge is -2.13. The number of halogens is 3. The topological polar surface area (TPSA) is 119 Å². The number of pyridine rings is 1. The molecule has 0 aromatic carbocycles. The highest BCUT2D eigenvalue weighted by atomic mass is 19.4. The van der Waals surface area contributed by atoms with Gasteiger partial charge in [-0.25, -0.2) is 9.97 Å². The number of amides is 1. The molecule has 1 aliphatic rings. The Labute approximate surface area is 187 Å². The lowest BCUT2D eigenvalue weighted by Crippen LogP contribution is -2.25. The molecule has 0 spiro atoms. The van der Waals surface area contributed by atoms with E-state index in [4.69, 9.17) is 4.74 Å². The highest BCUT2D eigenvalue weighted by molar-refractivity contribution is 5.95. The van der Waals surface area contributed by atoms with Crippen molar-refractivity contribution < 1.29 is 22.7 Å². The number of rotatable bonds is 8. The van der Waals surface area contributed by atoms with Gasteiger partial charge in [0.1, 0.15) is 23.5 Å². The third kappa shape index (κ3) is 5.73. The average molecular weight is 464 g/mol. The standard InChI is InChI=1S/C20H23F3N8O2/c1-12-15-16(31(30-12)8-9-33-11-20(21,22)23)17(26-14-4-2-3-6-25-14)28-19(27-15)29-18(32)13-5-7-24-10-13/h2-4,6,13,24H,5,7-11H2,1H3,(H2,25,26,27,28,29,32)/t13-/m0/s1. The first-order valence-electron chi connectivity index (χ1n) is 10.4. The van der Waals surface area contributed by atoms with E-state index in [2.05, 4.69) is 36.0 Å². The molecule has 4 heterocycles. The highest BCUT2D eigenvalue weighted by Gasteiger charge is 2.28. The van der Waals surface area contributed by atoms with Gasteiger partial charge in [0.15, 0.2) is 5.82 Å². The summed E-state index contributed by atoms with van der Waals surface area (Å²) in [5.41, 5.74) is 1.46. The van der Waals surface area contributed by atoms with Gasteiger partial charge in [-0.3, -0.25) is 14.8 Å². The second-order valence-corrected chi connectivity index (χ2v) is 7.59. The lowest BCUT2D eigenvalue weighted by atomic mass is 10.1. The zero-order valence-corrected chi connectivity index (χ0v) is 17.8. The normalized spacial score (nSPS) is 16.3. The van der Waals surface area contributed by atoms with Gasteiger partial charge in [-0.05, 0) is 32.0 Å². The number of hydrogen-bond acceptors (Lipinski definition) is 8. The smallest absolute Gasteiger partial charge is 0.370 e. The minimum atomic E-state index is -4.40. The third-order valence-electron chi connectivity index (χ3n) is 5.05. The molecule has 10 nitrogen and oxygen atoms in total. The van der Waals surface area contributed by atoms with Crippen molar-refractivity contribution in [2.75, 3.05) is 36.9 Å². The van der Waals surface area contributed by atoms with Gasteiger partial charge in [-0.2, -0.15) is 23.3 Å². The van der Waals surface area contributed by atoms with Gasteiger partial charge in [-0.15, -0.1) is 0 Å². The maximum atomic E-state index is 12.6.